The monoisotopic (exact) mass is 1270 g/mol. The van der Waals surface area contributed by atoms with Crippen molar-refractivity contribution < 1.29 is 157 Å². The fourth-order valence-corrected chi connectivity index (χ4v) is 0. The third-order valence-electron chi connectivity index (χ3n) is 0. The molecule has 16 nitrogen and oxygen atoms in total. The molecule has 0 bridgehead atoms. The van der Waals surface area contributed by atoms with Crippen LogP contribution in [0.25, 0.3) is 0 Å². The molecule has 0 radical (unpaired) electrons. The van der Waals surface area contributed by atoms with Crippen molar-refractivity contribution in [3.63, 3.8) is 0 Å². The van der Waals surface area contributed by atoms with E-state index in [9.17, 15) is 0 Å². The van der Waals surface area contributed by atoms with Crippen molar-refractivity contribution >= 4 is 58.1 Å². The third kappa shape index (κ3) is 899. The molecule has 0 unspecified atom stereocenters. The Morgan fingerprint density at radius 3 is 0.304 bits per heavy atom. The van der Waals surface area contributed by atoms with Gasteiger partial charge in [-0.15, -0.1) is 0 Å². The van der Waals surface area contributed by atoms with Crippen molar-refractivity contribution in [2.45, 2.75) is 0 Å². The molecule has 0 saturated heterocycles. The zero-order valence-corrected chi connectivity index (χ0v) is 29.8. The molecule has 0 aliphatic rings. The minimum Gasteiger partial charge on any atom is 4.00 e. The van der Waals surface area contributed by atoms with E-state index in [-0.39, 0.29) is 93.3 Å². The maximum atomic E-state index is 8.61. The molecule has 0 N–H and O–H groups in total. The number of hydrogen-bond acceptors (Lipinski definition) is 16. The van der Waals surface area contributed by atoms with Crippen LogP contribution in [0.1, 0.15) is 0 Å². The van der Waals surface area contributed by atoms with E-state index in [1.807, 2.05) is 0 Å². The predicted octanol–water partition coefficient (Wildman–Crippen LogP) is -16.3. The zero-order chi connectivity index (χ0) is 18.0. The minimum atomic E-state index is -5.88. The molecule has 0 heterocycles. The largest absolute Gasteiger partial charge is 4.00 e. The molecule has 128 valence electrons. The van der Waals surface area contributed by atoms with Crippen molar-refractivity contribution in [3.8, 4) is 0 Å². The van der Waals surface area contributed by atoms with Gasteiger partial charge in [0.2, 0.25) is 0 Å². The molecule has 23 heteroatoms. The number of rotatable bonds is 0. The summed E-state index contributed by atoms with van der Waals surface area (Å²) < 4.78 is 138. The van der Waals surface area contributed by atoms with Gasteiger partial charge in [-0.3, -0.25) is 0 Å². The maximum absolute atomic E-state index is 8.61. The second-order valence-corrected chi connectivity index (χ2v) is 9.30. The second-order valence-electron chi connectivity index (χ2n) is 1.79. The fourth-order valence-electron chi connectivity index (χ4n) is 0. The maximum Gasteiger partial charge on any atom is 4.00 e. The Labute approximate surface area is 211 Å². The quantitative estimate of drug-likeness (QED) is 0.203. The van der Waals surface area contributed by atoms with E-state index in [1.54, 1.807) is 0 Å². The summed E-state index contributed by atoms with van der Waals surface area (Å²) in [5, 5.41) is 0. The Morgan fingerprint density at radius 1 is 0.304 bits per heavy atom. The van der Waals surface area contributed by atoms with Gasteiger partial charge in [-0.2, -0.15) is 0 Å². The predicted molar refractivity (Wildman–Crippen MR) is 25.8 cm³/mol. The molecule has 0 fully saturated rings. The Kier molecular flexibility index (Phi) is 41.4. The van der Waals surface area contributed by atoms with Gasteiger partial charge in [-0.05, 0) is 0 Å². The summed E-state index contributed by atoms with van der Waals surface area (Å²) in [5.41, 5.74) is 0. The van der Waals surface area contributed by atoms with E-state index in [0.717, 1.165) is 0 Å². The van der Waals surface area contributed by atoms with Crippen LogP contribution in [0.3, 0.4) is 0 Å². The first kappa shape index (κ1) is 45.7. The summed E-state index contributed by atoms with van der Waals surface area (Å²) >= 11 is -23.5. The summed E-state index contributed by atoms with van der Waals surface area (Å²) in [4.78, 5) is 0. The number of hydrogen-bond donors (Lipinski definition) is 0. The molecule has 0 aromatic rings. The molecule has 0 atom stereocenters. The Bertz CT molecular complexity index is 292. The van der Waals surface area contributed by atoms with Gasteiger partial charge in [0.15, 0.2) is 0 Å². The SMILES string of the molecule is O=[As]([O-])([O-])[O-].O=[As]([O-])([O-])[O-].O=[As]([O-])([O-])[O-].O=[As]([O-])([O-])[O-].[U+4].[U+4].[U+4]. The molecule has 0 spiro atoms. The molecular formula is As4O16U3. The average Bonchev–Trinajstić information content (AvgIpc) is 1.62. The summed E-state index contributed by atoms with van der Waals surface area (Å²) in [6, 6.07) is 0. The Morgan fingerprint density at radius 2 is 0.304 bits per heavy atom. The van der Waals surface area contributed by atoms with Crippen LogP contribution in [-0.2, 0) is 15.0 Å². The molecule has 0 aromatic heterocycles. The van der Waals surface area contributed by atoms with Gasteiger partial charge in [0.1, 0.15) is 0 Å². The molecule has 23 heavy (non-hydrogen) atoms. The molecule has 0 aliphatic carbocycles. The molecule has 0 aliphatic heterocycles. The Hall–Kier alpha value is 4.11. The van der Waals surface area contributed by atoms with Crippen LogP contribution in [0.4, 0.5) is 0 Å². The fraction of sp³-hybridized carbons (Fsp3) is 0. The van der Waals surface area contributed by atoms with Gasteiger partial charge in [0, 0.05) is 0 Å². The van der Waals surface area contributed by atoms with Crippen LogP contribution in [0.15, 0.2) is 0 Å². The van der Waals surface area contributed by atoms with Gasteiger partial charge in [0.25, 0.3) is 0 Å². The first-order chi connectivity index (χ1) is 8.00. The molecule has 0 aromatic carbocycles. The topological polar surface area (TPSA) is 345 Å². The minimum absolute atomic E-state index is 0. The first-order valence-electron chi connectivity index (χ1n) is 2.92. The van der Waals surface area contributed by atoms with Gasteiger partial charge in [0.05, 0.1) is 0 Å². The van der Waals surface area contributed by atoms with E-state index in [0.29, 0.717) is 0 Å². The van der Waals surface area contributed by atoms with Crippen LogP contribution in [0, 0.1) is 93.3 Å². The summed E-state index contributed by atoms with van der Waals surface area (Å²) in [6.45, 7) is 0. The molecular weight excluding hydrogens is 1270 g/mol. The van der Waals surface area contributed by atoms with E-state index in [2.05, 4.69) is 0 Å². The van der Waals surface area contributed by atoms with Crippen molar-refractivity contribution in [2.75, 3.05) is 0 Å². The van der Waals surface area contributed by atoms with Gasteiger partial charge >= 0.3 is 216 Å². The van der Waals surface area contributed by atoms with E-state index in [1.165, 1.54) is 0 Å². The van der Waals surface area contributed by atoms with Crippen LogP contribution in [0.2, 0.25) is 0 Å². The van der Waals surface area contributed by atoms with Crippen molar-refractivity contribution in [1.82, 2.24) is 0 Å². The summed E-state index contributed by atoms with van der Waals surface area (Å²) in [7, 11) is 0. The Balaban J connectivity index is -0.0000000284. The average molecular weight is 1270 g/mol. The van der Waals surface area contributed by atoms with Crippen LogP contribution >= 0.6 is 0 Å². The molecule has 0 amide bonds. The van der Waals surface area contributed by atoms with E-state index >= 15 is 0 Å². The van der Waals surface area contributed by atoms with Crippen molar-refractivity contribution in [3.05, 3.63) is 0 Å². The van der Waals surface area contributed by atoms with Crippen molar-refractivity contribution in [1.29, 1.82) is 0 Å². The summed E-state index contributed by atoms with van der Waals surface area (Å²) in [6.07, 6.45) is 0. The standard InChI is InChI=1S/4AsH3O4.3U/c4*2-1(3,4)5;;;/h4*(H3,2,3,4,5);;;/q;;;;3*+4/p-12. The van der Waals surface area contributed by atoms with Gasteiger partial charge in [-0.25, -0.2) is 0 Å². The van der Waals surface area contributed by atoms with E-state index in [4.69, 9.17) is 64.1 Å². The second kappa shape index (κ2) is 20.8. The smallest absolute Gasteiger partial charge is 4.00 e. The normalized spacial score (nSPS) is 10.3. The third-order valence-corrected chi connectivity index (χ3v) is 0. The van der Waals surface area contributed by atoms with Crippen LogP contribution in [-0.4, -0.2) is 58.1 Å². The van der Waals surface area contributed by atoms with Crippen molar-refractivity contribution in [2.24, 2.45) is 0 Å². The van der Waals surface area contributed by atoms with Crippen LogP contribution < -0.4 is 49.1 Å². The zero-order valence-electron chi connectivity index (χ0n) is 9.82. The molecule has 0 saturated carbocycles. The van der Waals surface area contributed by atoms with E-state index < -0.39 is 58.1 Å². The molecule has 0 rings (SSSR count). The first-order valence-corrected chi connectivity index (χ1v) is 15.2. The van der Waals surface area contributed by atoms with Gasteiger partial charge in [-0.1, -0.05) is 0 Å². The summed E-state index contributed by atoms with van der Waals surface area (Å²) in [5.74, 6) is 0. The van der Waals surface area contributed by atoms with Gasteiger partial charge < -0.3 is 0 Å². The van der Waals surface area contributed by atoms with Crippen LogP contribution in [0.5, 0.6) is 0 Å².